The summed E-state index contributed by atoms with van der Waals surface area (Å²) in [5, 5.41) is 11.9. The lowest BCUT2D eigenvalue weighted by molar-refractivity contribution is -0.121. The Morgan fingerprint density at radius 2 is 1.95 bits per heavy atom. The van der Waals surface area contributed by atoms with Crippen molar-refractivity contribution >= 4 is 15.9 Å². The molecule has 118 valence electrons. The van der Waals surface area contributed by atoms with Gasteiger partial charge in [0, 0.05) is 26.2 Å². The van der Waals surface area contributed by atoms with Gasteiger partial charge in [-0.2, -0.15) is 5.10 Å². The lowest BCUT2D eigenvalue weighted by atomic mass is 10.2. The molecule has 0 spiro atoms. The van der Waals surface area contributed by atoms with Crippen LogP contribution in [0, 0.1) is 0 Å². The summed E-state index contributed by atoms with van der Waals surface area (Å²) in [5.74, 6) is -0.0700. The van der Waals surface area contributed by atoms with Crippen LogP contribution >= 0.6 is 0 Å². The van der Waals surface area contributed by atoms with E-state index in [4.69, 9.17) is 5.14 Å². The highest BCUT2D eigenvalue weighted by Gasteiger charge is 2.07. The average Bonchev–Trinajstić information content (AvgIpc) is 2.88. The second kappa shape index (κ2) is 6.71. The number of sulfonamides is 1. The van der Waals surface area contributed by atoms with E-state index in [9.17, 15) is 13.2 Å². The van der Waals surface area contributed by atoms with Gasteiger partial charge in [-0.1, -0.05) is 12.1 Å². The first kappa shape index (κ1) is 16.2. The molecule has 0 saturated carbocycles. The third kappa shape index (κ3) is 4.68. The molecule has 0 radical (unpaired) electrons. The minimum atomic E-state index is -3.68. The number of nitrogens with zero attached hydrogens (tertiary/aromatic N) is 2. The molecule has 0 bridgehead atoms. The van der Waals surface area contributed by atoms with Crippen LogP contribution in [0.5, 0.6) is 0 Å². The summed E-state index contributed by atoms with van der Waals surface area (Å²) >= 11 is 0. The molecule has 22 heavy (non-hydrogen) atoms. The number of nitrogens with one attached hydrogen (secondary N) is 1. The van der Waals surface area contributed by atoms with Gasteiger partial charge in [0.25, 0.3) is 0 Å². The van der Waals surface area contributed by atoms with Crippen molar-refractivity contribution in [2.24, 2.45) is 12.2 Å². The average molecular weight is 322 g/mol. The fraction of sp³-hybridized carbons (Fsp3) is 0.286. The van der Waals surface area contributed by atoms with Gasteiger partial charge in [0.1, 0.15) is 0 Å². The molecule has 3 N–H and O–H groups in total. The molecular weight excluding hydrogens is 304 g/mol. The number of nitrogens with two attached hydrogens (primary N) is 1. The van der Waals surface area contributed by atoms with Crippen molar-refractivity contribution in [3.05, 3.63) is 47.8 Å². The molecule has 1 aromatic heterocycles. The Morgan fingerprint density at radius 3 is 2.50 bits per heavy atom. The summed E-state index contributed by atoms with van der Waals surface area (Å²) in [6, 6.07) is 6.10. The van der Waals surface area contributed by atoms with Crippen LogP contribution < -0.4 is 10.5 Å². The first-order valence-corrected chi connectivity index (χ1v) is 8.25. The van der Waals surface area contributed by atoms with Crippen LogP contribution in [0.15, 0.2) is 41.6 Å². The van der Waals surface area contributed by atoms with Crippen LogP contribution in [0.3, 0.4) is 0 Å². The van der Waals surface area contributed by atoms with Gasteiger partial charge >= 0.3 is 0 Å². The van der Waals surface area contributed by atoms with E-state index in [1.807, 2.05) is 13.2 Å². The Hall–Kier alpha value is -2.19. The van der Waals surface area contributed by atoms with Crippen molar-refractivity contribution < 1.29 is 13.2 Å². The number of carbonyl (C=O) groups is 1. The monoisotopic (exact) mass is 322 g/mol. The van der Waals surface area contributed by atoms with Gasteiger partial charge in [-0.25, -0.2) is 13.6 Å². The van der Waals surface area contributed by atoms with Crippen LogP contribution in [0.25, 0.3) is 0 Å². The molecule has 2 rings (SSSR count). The molecule has 1 heterocycles. The number of hydrogen-bond acceptors (Lipinski definition) is 4. The Bertz CT molecular complexity index is 751. The molecular formula is C14H18N4O3S. The van der Waals surface area contributed by atoms with Gasteiger partial charge in [0.15, 0.2) is 0 Å². The van der Waals surface area contributed by atoms with Crippen LogP contribution in [0.1, 0.15) is 17.5 Å². The standard InChI is InChI=1S/C14H18N4O3S/c1-18-10-12(9-17-18)4-7-14(19)16-8-11-2-5-13(6-3-11)22(15,20)21/h2-3,5-6,9-10H,4,7-8H2,1H3,(H,16,19)(H2,15,20,21). The fourth-order valence-electron chi connectivity index (χ4n) is 1.94. The van der Waals surface area contributed by atoms with Crippen LogP contribution in [-0.2, 0) is 34.8 Å². The van der Waals surface area contributed by atoms with Crippen molar-refractivity contribution in [3.8, 4) is 0 Å². The minimum Gasteiger partial charge on any atom is -0.352 e. The van der Waals surface area contributed by atoms with Crippen molar-refractivity contribution in [2.45, 2.75) is 24.3 Å². The van der Waals surface area contributed by atoms with Crippen molar-refractivity contribution in [1.82, 2.24) is 15.1 Å². The van der Waals surface area contributed by atoms with Gasteiger partial charge in [-0.05, 0) is 29.7 Å². The topological polar surface area (TPSA) is 107 Å². The number of primary sulfonamides is 1. The maximum atomic E-state index is 11.8. The predicted octanol–water partition coefficient (Wildman–Crippen LogP) is 0.317. The predicted molar refractivity (Wildman–Crippen MR) is 81.2 cm³/mol. The zero-order valence-electron chi connectivity index (χ0n) is 12.2. The number of rotatable bonds is 6. The number of aromatic nitrogens is 2. The number of benzene rings is 1. The lowest BCUT2D eigenvalue weighted by Crippen LogP contribution is -2.23. The third-order valence-electron chi connectivity index (χ3n) is 3.14. The number of aryl methyl sites for hydroxylation is 2. The summed E-state index contributed by atoms with van der Waals surface area (Å²) < 4.78 is 24.0. The molecule has 1 aromatic carbocycles. The number of amides is 1. The molecule has 0 saturated heterocycles. The van der Waals surface area contributed by atoms with E-state index < -0.39 is 10.0 Å². The zero-order valence-corrected chi connectivity index (χ0v) is 13.0. The van der Waals surface area contributed by atoms with Gasteiger partial charge < -0.3 is 5.32 Å². The molecule has 7 nitrogen and oxygen atoms in total. The second-order valence-corrected chi connectivity index (χ2v) is 6.55. The van der Waals surface area contributed by atoms with Crippen LogP contribution in [0.2, 0.25) is 0 Å². The SMILES string of the molecule is Cn1cc(CCC(=O)NCc2ccc(S(N)(=O)=O)cc2)cn1. The van der Waals surface area contributed by atoms with E-state index >= 15 is 0 Å². The highest BCUT2D eigenvalue weighted by atomic mass is 32.2. The van der Waals surface area contributed by atoms with Gasteiger partial charge in [-0.15, -0.1) is 0 Å². The Kier molecular flexibility index (Phi) is 4.94. The molecule has 0 aliphatic rings. The smallest absolute Gasteiger partial charge is 0.238 e. The molecule has 0 aliphatic heterocycles. The Balaban J connectivity index is 1.81. The van der Waals surface area contributed by atoms with Crippen molar-refractivity contribution in [2.75, 3.05) is 0 Å². The maximum absolute atomic E-state index is 11.8. The fourth-order valence-corrected chi connectivity index (χ4v) is 2.46. The van der Waals surface area contributed by atoms with Gasteiger partial charge in [-0.3, -0.25) is 9.48 Å². The van der Waals surface area contributed by atoms with E-state index in [0.29, 0.717) is 19.4 Å². The third-order valence-corrected chi connectivity index (χ3v) is 4.07. The van der Waals surface area contributed by atoms with Gasteiger partial charge in [0.2, 0.25) is 15.9 Å². The molecule has 0 atom stereocenters. The highest BCUT2D eigenvalue weighted by molar-refractivity contribution is 7.89. The maximum Gasteiger partial charge on any atom is 0.238 e. The van der Waals surface area contributed by atoms with E-state index in [-0.39, 0.29) is 10.8 Å². The second-order valence-electron chi connectivity index (χ2n) is 4.99. The first-order chi connectivity index (χ1) is 10.3. The molecule has 0 fully saturated rings. The molecule has 0 aliphatic carbocycles. The summed E-state index contributed by atoms with van der Waals surface area (Å²) in [6.07, 6.45) is 4.61. The molecule has 8 heteroatoms. The highest BCUT2D eigenvalue weighted by Crippen LogP contribution is 2.08. The first-order valence-electron chi connectivity index (χ1n) is 6.70. The Morgan fingerprint density at radius 1 is 1.27 bits per heavy atom. The van der Waals surface area contributed by atoms with E-state index in [1.165, 1.54) is 12.1 Å². The summed E-state index contributed by atoms with van der Waals surface area (Å²) in [5.41, 5.74) is 1.82. The van der Waals surface area contributed by atoms with E-state index in [2.05, 4.69) is 10.4 Å². The molecule has 2 aromatic rings. The van der Waals surface area contributed by atoms with Gasteiger partial charge in [0.05, 0.1) is 11.1 Å². The zero-order chi connectivity index (χ0) is 16.2. The largest absolute Gasteiger partial charge is 0.352 e. The minimum absolute atomic E-state index is 0.0548. The van der Waals surface area contributed by atoms with E-state index in [0.717, 1.165) is 11.1 Å². The Labute approximate surface area is 129 Å². The quantitative estimate of drug-likeness (QED) is 0.798. The van der Waals surface area contributed by atoms with Crippen LogP contribution in [-0.4, -0.2) is 24.1 Å². The van der Waals surface area contributed by atoms with Crippen molar-refractivity contribution in [1.29, 1.82) is 0 Å². The summed E-state index contributed by atoms with van der Waals surface area (Å²) in [6.45, 7) is 0.344. The summed E-state index contributed by atoms with van der Waals surface area (Å²) in [4.78, 5) is 11.8. The number of hydrogen-bond donors (Lipinski definition) is 2. The number of carbonyl (C=O) groups excluding carboxylic acids is 1. The normalized spacial score (nSPS) is 11.4. The lowest BCUT2D eigenvalue weighted by Gasteiger charge is -2.06. The van der Waals surface area contributed by atoms with Crippen molar-refractivity contribution in [3.63, 3.8) is 0 Å². The molecule has 0 unspecified atom stereocenters. The summed E-state index contributed by atoms with van der Waals surface area (Å²) in [7, 11) is -1.86. The van der Waals surface area contributed by atoms with Crippen LogP contribution in [0.4, 0.5) is 0 Å². The van der Waals surface area contributed by atoms with E-state index in [1.54, 1.807) is 23.0 Å². The molecule has 1 amide bonds.